The number of sulfone groups is 1. The molecule has 4 rings (SSSR count). The number of nitrogens with one attached hydrogen (secondary N) is 1. The minimum Gasteiger partial charge on any atom is -0.477 e. The highest BCUT2D eigenvalue weighted by Crippen LogP contribution is 2.35. The lowest BCUT2D eigenvalue weighted by Gasteiger charge is -2.05. The molecule has 3 aromatic heterocycles. The molecule has 136 valence electrons. The molecular weight excluding hydrogens is 384 g/mol. The van der Waals surface area contributed by atoms with Gasteiger partial charge in [0.1, 0.15) is 10.5 Å². The van der Waals surface area contributed by atoms with Gasteiger partial charge < -0.3 is 10.1 Å². The van der Waals surface area contributed by atoms with Crippen molar-refractivity contribution in [2.24, 2.45) is 0 Å². The molecule has 8 heteroatoms. The van der Waals surface area contributed by atoms with Crippen molar-refractivity contribution < 1.29 is 18.3 Å². The molecule has 0 radical (unpaired) electrons. The van der Waals surface area contributed by atoms with Gasteiger partial charge in [-0.3, -0.25) is 0 Å². The minimum atomic E-state index is -3.30. The molecule has 0 amide bonds. The summed E-state index contributed by atoms with van der Waals surface area (Å²) < 4.78 is 23.6. The number of rotatable bonds is 4. The summed E-state index contributed by atoms with van der Waals surface area (Å²) in [7, 11) is -3.30. The van der Waals surface area contributed by atoms with Gasteiger partial charge in [0.05, 0.1) is 4.90 Å². The first-order valence-corrected chi connectivity index (χ1v) is 10.6. The summed E-state index contributed by atoms with van der Waals surface area (Å²) >= 11 is 1.19. The lowest BCUT2D eigenvalue weighted by Crippen LogP contribution is -1.96. The summed E-state index contributed by atoms with van der Waals surface area (Å²) in [5.74, 6) is -0.956. The van der Waals surface area contributed by atoms with Crippen molar-refractivity contribution in [2.75, 3.05) is 6.26 Å². The first-order valence-electron chi connectivity index (χ1n) is 7.94. The fourth-order valence-electron chi connectivity index (χ4n) is 2.87. The Morgan fingerprint density at radius 2 is 1.96 bits per heavy atom. The van der Waals surface area contributed by atoms with Crippen LogP contribution in [0.15, 0.2) is 59.8 Å². The Labute approximate surface area is 159 Å². The third kappa shape index (κ3) is 3.24. The summed E-state index contributed by atoms with van der Waals surface area (Å²) in [6, 6.07) is 12.0. The Kier molecular flexibility index (Phi) is 4.09. The monoisotopic (exact) mass is 398 g/mol. The Morgan fingerprint density at radius 1 is 1.15 bits per heavy atom. The van der Waals surface area contributed by atoms with Gasteiger partial charge in [-0.2, -0.15) is 0 Å². The van der Waals surface area contributed by atoms with Crippen molar-refractivity contribution in [1.29, 1.82) is 0 Å². The fourth-order valence-corrected chi connectivity index (χ4v) is 4.41. The zero-order valence-corrected chi connectivity index (χ0v) is 15.8. The lowest BCUT2D eigenvalue weighted by atomic mass is 10.1. The zero-order valence-electron chi connectivity index (χ0n) is 14.1. The number of nitrogens with zero attached hydrogens (tertiary/aromatic N) is 1. The van der Waals surface area contributed by atoms with Crippen LogP contribution in [0.2, 0.25) is 0 Å². The highest BCUT2D eigenvalue weighted by molar-refractivity contribution is 7.90. The molecule has 3 heterocycles. The van der Waals surface area contributed by atoms with Gasteiger partial charge in [0.25, 0.3) is 0 Å². The number of aromatic nitrogens is 2. The number of fused-ring (bicyclic) bond motifs is 1. The normalized spacial score (nSPS) is 11.7. The third-order valence-corrected chi connectivity index (χ3v) is 6.43. The van der Waals surface area contributed by atoms with Gasteiger partial charge in [0.15, 0.2) is 9.84 Å². The van der Waals surface area contributed by atoms with E-state index in [-0.39, 0.29) is 9.77 Å². The number of hydrogen-bond acceptors (Lipinski definition) is 5. The van der Waals surface area contributed by atoms with Crippen molar-refractivity contribution in [3.05, 3.63) is 59.7 Å². The number of carbonyl (C=O) groups is 1. The van der Waals surface area contributed by atoms with Crippen molar-refractivity contribution in [2.45, 2.75) is 4.90 Å². The second-order valence-electron chi connectivity index (χ2n) is 6.09. The molecule has 1 aromatic carbocycles. The molecule has 0 aliphatic carbocycles. The van der Waals surface area contributed by atoms with Crippen molar-refractivity contribution in [1.82, 2.24) is 9.97 Å². The predicted molar refractivity (Wildman–Crippen MR) is 105 cm³/mol. The molecule has 0 aliphatic rings. The maximum atomic E-state index is 11.8. The molecule has 4 aromatic rings. The van der Waals surface area contributed by atoms with Gasteiger partial charge in [-0.05, 0) is 35.9 Å². The Morgan fingerprint density at radius 3 is 2.67 bits per heavy atom. The molecule has 0 fully saturated rings. The van der Waals surface area contributed by atoms with E-state index in [1.807, 2.05) is 12.1 Å². The number of aromatic carboxylic acids is 1. The number of carboxylic acids is 1. The maximum absolute atomic E-state index is 11.8. The highest BCUT2D eigenvalue weighted by Gasteiger charge is 2.14. The molecule has 0 saturated heterocycles. The van der Waals surface area contributed by atoms with E-state index in [2.05, 4.69) is 9.97 Å². The zero-order chi connectivity index (χ0) is 19.2. The Hall–Kier alpha value is -2.97. The van der Waals surface area contributed by atoms with Crippen molar-refractivity contribution in [3.8, 4) is 21.6 Å². The summed E-state index contributed by atoms with van der Waals surface area (Å²) in [6.07, 6.45) is 4.65. The molecule has 27 heavy (non-hydrogen) atoms. The van der Waals surface area contributed by atoms with Crippen molar-refractivity contribution >= 4 is 38.2 Å². The van der Waals surface area contributed by atoms with E-state index in [0.717, 1.165) is 27.0 Å². The predicted octanol–water partition coefficient (Wildman–Crippen LogP) is 4.06. The van der Waals surface area contributed by atoms with Crippen LogP contribution in [0.5, 0.6) is 0 Å². The number of benzene rings is 1. The lowest BCUT2D eigenvalue weighted by molar-refractivity contribution is 0.0702. The molecule has 0 bridgehead atoms. The van der Waals surface area contributed by atoms with E-state index >= 15 is 0 Å². The van der Waals surface area contributed by atoms with Crippen LogP contribution in [0.1, 0.15) is 9.67 Å². The van der Waals surface area contributed by atoms with E-state index in [4.69, 9.17) is 5.11 Å². The fraction of sp³-hybridized carbons (Fsp3) is 0.0526. The number of thiophene rings is 1. The van der Waals surface area contributed by atoms with Gasteiger partial charge in [-0.25, -0.2) is 18.2 Å². The van der Waals surface area contributed by atoms with E-state index in [0.29, 0.717) is 5.65 Å². The maximum Gasteiger partial charge on any atom is 0.345 e. The largest absolute Gasteiger partial charge is 0.477 e. The van der Waals surface area contributed by atoms with Gasteiger partial charge >= 0.3 is 5.97 Å². The number of H-pyrrole nitrogens is 1. The van der Waals surface area contributed by atoms with Crippen LogP contribution in [-0.4, -0.2) is 35.7 Å². The molecule has 0 saturated carbocycles. The van der Waals surface area contributed by atoms with Crippen LogP contribution in [-0.2, 0) is 9.84 Å². The molecule has 0 aliphatic heterocycles. The second-order valence-corrected chi connectivity index (χ2v) is 9.19. The van der Waals surface area contributed by atoms with Crippen molar-refractivity contribution in [3.63, 3.8) is 0 Å². The van der Waals surface area contributed by atoms with E-state index in [1.165, 1.54) is 17.6 Å². The summed E-state index contributed by atoms with van der Waals surface area (Å²) in [5, 5.41) is 9.98. The molecule has 6 nitrogen and oxygen atoms in total. The smallest absolute Gasteiger partial charge is 0.345 e. The first kappa shape index (κ1) is 17.4. The molecule has 0 spiro atoms. The SMILES string of the molecule is CS(=O)(=O)c1cccc(-c2cnc3[nH]cc(-c4ccc(C(=O)O)s4)c3c2)c1. The average molecular weight is 398 g/mol. The third-order valence-electron chi connectivity index (χ3n) is 4.21. The van der Waals surface area contributed by atoms with E-state index < -0.39 is 15.8 Å². The van der Waals surface area contributed by atoms with Gasteiger partial charge in [0, 0.05) is 40.0 Å². The van der Waals surface area contributed by atoms with Crippen LogP contribution in [0, 0.1) is 0 Å². The molecule has 0 atom stereocenters. The van der Waals surface area contributed by atoms with Crippen LogP contribution < -0.4 is 0 Å². The van der Waals surface area contributed by atoms with Crippen LogP contribution >= 0.6 is 11.3 Å². The summed E-state index contributed by atoms with van der Waals surface area (Å²) in [5.41, 5.74) is 3.06. The standard InChI is InChI=1S/C19H14N2O4S2/c1-27(24,25)13-4-2-3-11(7-13)12-8-14-15(10-21-18(14)20-9-12)16-5-6-17(26-16)19(22)23/h2-10H,1H3,(H,20,21)(H,22,23). The molecule has 2 N–H and O–H groups in total. The Balaban J connectivity index is 1.84. The van der Waals surface area contributed by atoms with E-state index in [1.54, 1.807) is 42.7 Å². The average Bonchev–Trinajstić information content (AvgIpc) is 3.27. The topological polar surface area (TPSA) is 100 Å². The number of pyridine rings is 1. The Bertz CT molecular complexity index is 1290. The van der Waals surface area contributed by atoms with Crippen LogP contribution in [0.25, 0.3) is 32.6 Å². The minimum absolute atomic E-state index is 0.249. The first-order chi connectivity index (χ1) is 12.8. The van der Waals surface area contributed by atoms with Crippen LogP contribution in [0.4, 0.5) is 0 Å². The quantitative estimate of drug-likeness (QED) is 0.540. The number of carboxylic acid groups (broad SMARTS) is 1. The summed E-state index contributed by atoms with van der Waals surface area (Å²) in [4.78, 5) is 20.0. The van der Waals surface area contributed by atoms with Crippen LogP contribution in [0.3, 0.4) is 0 Å². The molecular formula is C19H14N2O4S2. The molecule has 0 unspecified atom stereocenters. The summed E-state index contributed by atoms with van der Waals surface area (Å²) in [6.45, 7) is 0. The van der Waals surface area contributed by atoms with Gasteiger partial charge in [0.2, 0.25) is 0 Å². The van der Waals surface area contributed by atoms with E-state index in [9.17, 15) is 13.2 Å². The number of hydrogen-bond donors (Lipinski definition) is 2. The van der Waals surface area contributed by atoms with Gasteiger partial charge in [-0.15, -0.1) is 11.3 Å². The second kappa shape index (κ2) is 6.33. The number of aromatic amines is 1. The highest BCUT2D eigenvalue weighted by atomic mass is 32.2. The van der Waals surface area contributed by atoms with Gasteiger partial charge in [-0.1, -0.05) is 12.1 Å².